The molecule has 0 bridgehead atoms. The van der Waals surface area contributed by atoms with Gasteiger partial charge in [0.15, 0.2) is 0 Å². The van der Waals surface area contributed by atoms with Crippen molar-refractivity contribution in [2.45, 2.75) is 26.7 Å². The number of anilines is 1. The number of nitrogens with zero attached hydrogens (tertiary/aromatic N) is 2. The number of hydrogen-bond acceptors (Lipinski definition) is 2. The van der Waals surface area contributed by atoms with Gasteiger partial charge in [-0.3, -0.25) is 9.48 Å². The predicted molar refractivity (Wildman–Crippen MR) is 76.1 cm³/mol. The highest BCUT2D eigenvalue weighted by atomic mass is 16.1. The molecule has 1 aromatic carbocycles. The average Bonchev–Trinajstić information content (AvgIpc) is 2.77. The normalized spacial score (nSPS) is 10.5. The van der Waals surface area contributed by atoms with Crippen molar-refractivity contribution in [2.24, 2.45) is 7.05 Å². The number of carbonyl (C=O) groups is 1. The van der Waals surface area contributed by atoms with Crippen molar-refractivity contribution in [2.75, 3.05) is 5.32 Å². The lowest BCUT2D eigenvalue weighted by atomic mass is 10.1. The summed E-state index contributed by atoms with van der Waals surface area (Å²) in [6, 6.07) is 6.06. The third-order valence-electron chi connectivity index (χ3n) is 3.07. The molecule has 0 atom stereocenters. The first-order valence-electron chi connectivity index (χ1n) is 6.39. The minimum Gasteiger partial charge on any atom is -0.326 e. The van der Waals surface area contributed by atoms with Crippen molar-refractivity contribution in [3.05, 3.63) is 47.3 Å². The molecule has 19 heavy (non-hydrogen) atoms. The molecule has 0 saturated heterocycles. The molecular formula is C15H19N3O. The summed E-state index contributed by atoms with van der Waals surface area (Å²) in [5.74, 6) is 0.0394. The van der Waals surface area contributed by atoms with Crippen LogP contribution in [0.5, 0.6) is 0 Å². The van der Waals surface area contributed by atoms with Crippen molar-refractivity contribution >= 4 is 11.6 Å². The van der Waals surface area contributed by atoms with Crippen molar-refractivity contribution in [3.63, 3.8) is 0 Å². The van der Waals surface area contributed by atoms with Gasteiger partial charge in [0.2, 0.25) is 5.91 Å². The number of nitrogens with one attached hydrogen (secondary N) is 1. The quantitative estimate of drug-likeness (QED) is 0.915. The van der Waals surface area contributed by atoms with Gasteiger partial charge in [-0.25, -0.2) is 0 Å². The lowest BCUT2D eigenvalue weighted by Crippen LogP contribution is -2.13. The van der Waals surface area contributed by atoms with Gasteiger partial charge in [-0.2, -0.15) is 5.10 Å². The zero-order chi connectivity index (χ0) is 13.8. The molecule has 0 aliphatic rings. The number of aromatic nitrogens is 2. The molecular weight excluding hydrogens is 238 g/mol. The third kappa shape index (κ3) is 3.68. The van der Waals surface area contributed by atoms with Crippen molar-refractivity contribution < 1.29 is 4.79 Å². The van der Waals surface area contributed by atoms with E-state index in [0.29, 0.717) is 12.8 Å². The molecule has 1 heterocycles. The average molecular weight is 257 g/mol. The molecule has 1 N–H and O–H groups in total. The Labute approximate surface area is 113 Å². The zero-order valence-corrected chi connectivity index (χ0v) is 11.6. The Hall–Kier alpha value is -2.10. The highest BCUT2D eigenvalue weighted by Crippen LogP contribution is 2.16. The van der Waals surface area contributed by atoms with Gasteiger partial charge < -0.3 is 5.32 Å². The molecule has 0 aliphatic carbocycles. The van der Waals surface area contributed by atoms with Crippen LogP contribution >= 0.6 is 0 Å². The maximum absolute atomic E-state index is 11.9. The fourth-order valence-electron chi connectivity index (χ4n) is 1.94. The lowest BCUT2D eigenvalue weighted by molar-refractivity contribution is -0.116. The van der Waals surface area contributed by atoms with Crippen LogP contribution in [0.4, 0.5) is 5.69 Å². The zero-order valence-electron chi connectivity index (χ0n) is 11.6. The second kappa shape index (κ2) is 5.69. The highest BCUT2D eigenvalue weighted by Gasteiger charge is 2.06. The van der Waals surface area contributed by atoms with E-state index in [9.17, 15) is 4.79 Å². The van der Waals surface area contributed by atoms with E-state index in [4.69, 9.17) is 0 Å². The fraction of sp³-hybridized carbons (Fsp3) is 0.333. The van der Waals surface area contributed by atoms with Crippen LogP contribution < -0.4 is 5.32 Å². The van der Waals surface area contributed by atoms with E-state index in [1.807, 2.05) is 45.3 Å². The molecule has 0 unspecified atom stereocenters. The Morgan fingerprint density at radius 2 is 2.16 bits per heavy atom. The standard InChI is InChI=1S/C15H19N3O/c1-11-4-5-12(2)14(8-11)17-15(19)7-6-13-9-16-18(3)10-13/h4-5,8-10H,6-7H2,1-3H3,(H,17,19). The second-order valence-electron chi connectivity index (χ2n) is 4.89. The molecule has 0 saturated carbocycles. The van der Waals surface area contributed by atoms with Gasteiger partial charge in [-0.15, -0.1) is 0 Å². The smallest absolute Gasteiger partial charge is 0.224 e. The summed E-state index contributed by atoms with van der Waals surface area (Å²) in [4.78, 5) is 11.9. The highest BCUT2D eigenvalue weighted by molar-refractivity contribution is 5.91. The van der Waals surface area contributed by atoms with Gasteiger partial charge in [0.25, 0.3) is 0 Å². The summed E-state index contributed by atoms with van der Waals surface area (Å²) in [7, 11) is 1.87. The van der Waals surface area contributed by atoms with Gasteiger partial charge in [0.05, 0.1) is 6.20 Å². The van der Waals surface area contributed by atoms with Crippen LogP contribution in [0, 0.1) is 13.8 Å². The molecule has 0 fully saturated rings. The summed E-state index contributed by atoms with van der Waals surface area (Å²) in [6.07, 6.45) is 4.92. The van der Waals surface area contributed by atoms with E-state index in [0.717, 1.165) is 22.4 Å². The first-order chi connectivity index (χ1) is 9.04. The van der Waals surface area contributed by atoms with Crippen LogP contribution in [0.2, 0.25) is 0 Å². The maximum Gasteiger partial charge on any atom is 0.224 e. The number of rotatable bonds is 4. The van der Waals surface area contributed by atoms with Crippen LogP contribution in [0.15, 0.2) is 30.6 Å². The number of benzene rings is 1. The van der Waals surface area contributed by atoms with Crippen LogP contribution in [0.3, 0.4) is 0 Å². The summed E-state index contributed by atoms with van der Waals surface area (Å²) >= 11 is 0. The van der Waals surface area contributed by atoms with Gasteiger partial charge in [0, 0.05) is 25.4 Å². The minimum atomic E-state index is 0.0394. The third-order valence-corrected chi connectivity index (χ3v) is 3.07. The molecule has 2 rings (SSSR count). The van der Waals surface area contributed by atoms with E-state index < -0.39 is 0 Å². The van der Waals surface area contributed by atoms with Crippen molar-refractivity contribution in [3.8, 4) is 0 Å². The van der Waals surface area contributed by atoms with E-state index in [2.05, 4.69) is 10.4 Å². The largest absolute Gasteiger partial charge is 0.326 e. The molecule has 0 spiro atoms. The van der Waals surface area contributed by atoms with Gasteiger partial charge >= 0.3 is 0 Å². The molecule has 0 radical (unpaired) electrons. The molecule has 1 amide bonds. The Kier molecular flexibility index (Phi) is 4.00. The van der Waals surface area contributed by atoms with E-state index in [1.165, 1.54) is 0 Å². The Morgan fingerprint density at radius 3 is 2.84 bits per heavy atom. The Bertz CT molecular complexity index is 587. The Morgan fingerprint density at radius 1 is 1.37 bits per heavy atom. The molecule has 4 heteroatoms. The topological polar surface area (TPSA) is 46.9 Å². The monoisotopic (exact) mass is 257 g/mol. The fourth-order valence-corrected chi connectivity index (χ4v) is 1.94. The molecule has 100 valence electrons. The molecule has 0 aliphatic heterocycles. The van der Waals surface area contributed by atoms with E-state index in [1.54, 1.807) is 10.9 Å². The number of hydrogen-bond donors (Lipinski definition) is 1. The van der Waals surface area contributed by atoms with Crippen LogP contribution in [0.25, 0.3) is 0 Å². The molecule has 2 aromatic rings. The predicted octanol–water partition coefficient (Wildman–Crippen LogP) is 2.61. The van der Waals surface area contributed by atoms with Crippen LogP contribution in [-0.4, -0.2) is 15.7 Å². The van der Waals surface area contributed by atoms with Gasteiger partial charge in [0.1, 0.15) is 0 Å². The minimum absolute atomic E-state index is 0.0394. The van der Waals surface area contributed by atoms with E-state index in [-0.39, 0.29) is 5.91 Å². The van der Waals surface area contributed by atoms with Crippen molar-refractivity contribution in [1.82, 2.24) is 9.78 Å². The first kappa shape index (κ1) is 13.3. The summed E-state index contributed by atoms with van der Waals surface area (Å²) in [5.41, 5.74) is 4.21. The SMILES string of the molecule is Cc1ccc(C)c(NC(=O)CCc2cnn(C)c2)c1. The van der Waals surface area contributed by atoms with Gasteiger partial charge in [-0.1, -0.05) is 12.1 Å². The number of carbonyl (C=O) groups excluding carboxylic acids is 1. The molecule has 1 aromatic heterocycles. The summed E-state index contributed by atoms with van der Waals surface area (Å²) in [6.45, 7) is 4.01. The summed E-state index contributed by atoms with van der Waals surface area (Å²) in [5, 5.41) is 7.05. The number of amides is 1. The van der Waals surface area contributed by atoms with Crippen molar-refractivity contribution in [1.29, 1.82) is 0 Å². The van der Waals surface area contributed by atoms with Crippen LogP contribution in [0.1, 0.15) is 23.1 Å². The summed E-state index contributed by atoms with van der Waals surface area (Å²) < 4.78 is 1.75. The first-order valence-corrected chi connectivity index (χ1v) is 6.39. The van der Waals surface area contributed by atoms with Crippen LogP contribution in [-0.2, 0) is 18.3 Å². The molecule has 4 nitrogen and oxygen atoms in total. The Balaban J connectivity index is 1.92. The maximum atomic E-state index is 11.9. The van der Waals surface area contributed by atoms with Gasteiger partial charge in [-0.05, 0) is 43.0 Å². The second-order valence-corrected chi connectivity index (χ2v) is 4.89. The number of aryl methyl sites for hydroxylation is 4. The van der Waals surface area contributed by atoms with E-state index >= 15 is 0 Å². The lowest BCUT2D eigenvalue weighted by Gasteiger charge is -2.09.